The van der Waals surface area contributed by atoms with Crippen LogP contribution in [0.1, 0.15) is 54.7 Å². The van der Waals surface area contributed by atoms with Gasteiger partial charge in [0.1, 0.15) is 11.2 Å². The average Bonchev–Trinajstić information content (AvgIpc) is 3.24. The van der Waals surface area contributed by atoms with Crippen LogP contribution < -0.4 is 0 Å². The lowest BCUT2D eigenvalue weighted by Gasteiger charge is -2.37. The number of morpholine rings is 1. The predicted octanol–water partition coefficient (Wildman–Crippen LogP) is 2.60. The number of nitrogens with zero attached hydrogens (tertiary/aromatic N) is 5. The van der Waals surface area contributed by atoms with Crippen LogP contribution in [-0.4, -0.2) is 44.1 Å². The third-order valence-corrected chi connectivity index (χ3v) is 5.35. The second kappa shape index (κ2) is 6.13. The van der Waals surface area contributed by atoms with Gasteiger partial charge in [-0.2, -0.15) is 10.1 Å². The zero-order chi connectivity index (χ0) is 16.8. The Morgan fingerprint density at radius 2 is 2.12 bits per heavy atom. The molecular formula is C16H22ClN5O2. The van der Waals surface area contributed by atoms with Crippen LogP contribution in [0, 0.1) is 6.92 Å². The van der Waals surface area contributed by atoms with Crippen LogP contribution in [-0.2, 0) is 18.3 Å². The number of halogens is 1. The number of hydrogen-bond acceptors (Lipinski definition) is 6. The molecule has 2 atom stereocenters. The van der Waals surface area contributed by atoms with Crippen molar-refractivity contribution in [2.45, 2.75) is 51.3 Å². The van der Waals surface area contributed by atoms with E-state index in [1.807, 2.05) is 14.0 Å². The van der Waals surface area contributed by atoms with Gasteiger partial charge in [-0.05, 0) is 26.7 Å². The molecule has 0 amide bonds. The Morgan fingerprint density at radius 1 is 1.33 bits per heavy atom. The van der Waals surface area contributed by atoms with Gasteiger partial charge in [0.25, 0.3) is 0 Å². The van der Waals surface area contributed by atoms with Gasteiger partial charge in [-0.25, -0.2) is 0 Å². The molecule has 0 spiro atoms. The molecule has 0 radical (unpaired) electrons. The Hall–Kier alpha value is -1.44. The van der Waals surface area contributed by atoms with E-state index in [9.17, 15) is 0 Å². The molecule has 0 aromatic carbocycles. The van der Waals surface area contributed by atoms with Gasteiger partial charge < -0.3 is 9.26 Å². The van der Waals surface area contributed by atoms with Crippen molar-refractivity contribution >= 4 is 11.6 Å². The van der Waals surface area contributed by atoms with E-state index in [-0.39, 0.29) is 12.1 Å². The van der Waals surface area contributed by atoms with Gasteiger partial charge >= 0.3 is 0 Å². The van der Waals surface area contributed by atoms with E-state index in [1.165, 1.54) is 0 Å². The first-order valence-corrected chi connectivity index (χ1v) is 8.79. The van der Waals surface area contributed by atoms with Crippen molar-refractivity contribution in [2.24, 2.45) is 7.05 Å². The molecule has 1 aliphatic carbocycles. The molecule has 0 unspecified atom stereocenters. The molecule has 7 nitrogen and oxygen atoms in total. The van der Waals surface area contributed by atoms with E-state index in [4.69, 9.17) is 20.9 Å². The number of rotatable bonds is 4. The molecule has 2 fully saturated rings. The topological polar surface area (TPSA) is 69.2 Å². The average molecular weight is 352 g/mol. The summed E-state index contributed by atoms with van der Waals surface area (Å²) < 4.78 is 13.1. The molecule has 24 heavy (non-hydrogen) atoms. The lowest BCUT2D eigenvalue weighted by molar-refractivity contribution is -0.0763. The molecule has 0 bridgehead atoms. The van der Waals surface area contributed by atoms with Gasteiger partial charge in [0.2, 0.25) is 5.89 Å². The predicted molar refractivity (Wildman–Crippen MR) is 87.8 cm³/mol. The number of aryl methyl sites for hydroxylation is 2. The van der Waals surface area contributed by atoms with Gasteiger partial charge in [0.05, 0.1) is 18.4 Å². The first-order chi connectivity index (χ1) is 11.5. The van der Waals surface area contributed by atoms with Gasteiger partial charge in [-0.1, -0.05) is 16.8 Å². The number of hydrogen-bond donors (Lipinski definition) is 0. The fourth-order valence-corrected chi connectivity index (χ4v) is 3.58. The minimum Gasteiger partial charge on any atom is -0.375 e. The Bertz CT molecular complexity index is 739. The van der Waals surface area contributed by atoms with E-state index < -0.39 is 0 Å². The Morgan fingerprint density at radius 3 is 2.79 bits per heavy atom. The summed E-state index contributed by atoms with van der Waals surface area (Å²) >= 11 is 6.41. The monoisotopic (exact) mass is 351 g/mol. The van der Waals surface area contributed by atoms with Crippen molar-refractivity contribution in [2.75, 3.05) is 13.2 Å². The quantitative estimate of drug-likeness (QED) is 0.843. The summed E-state index contributed by atoms with van der Waals surface area (Å²) in [5, 5.41) is 9.24. The standard InChI is InChI=1S/C16H22ClN5O2/c1-9-12(14(17)21(3)19-9)8-22-6-7-23-10(2)13(22)16-18-15(20-24-16)11-4-5-11/h10-11,13H,4-8H2,1-3H3/t10-,13+/m1/s1. The normalized spacial score (nSPS) is 25.3. The SMILES string of the molecule is Cc1nn(C)c(Cl)c1CN1CCO[C@H](C)[C@H]1c1nc(C2CC2)no1. The third-order valence-electron chi connectivity index (χ3n) is 4.88. The molecule has 4 rings (SSSR count). The largest absolute Gasteiger partial charge is 0.375 e. The van der Waals surface area contributed by atoms with Crippen molar-refractivity contribution in [3.05, 3.63) is 28.1 Å². The van der Waals surface area contributed by atoms with Crippen molar-refractivity contribution in [1.82, 2.24) is 24.8 Å². The minimum absolute atomic E-state index is 0.0120. The Labute approximate surface area is 145 Å². The van der Waals surface area contributed by atoms with Crippen LogP contribution in [0.2, 0.25) is 5.15 Å². The highest BCUT2D eigenvalue weighted by Crippen LogP contribution is 2.39. The second-order valence-electron chi connectivity index (χ2n) is 6.73. The molecule has 1 aliphatic heterocycles. The number of aromatic nitrogens is 4. The first-order valence-electron chi connectivity index (χ1n) is 8.41. The van der Waals surface area contributed by atoms with Crippen LogP contribution in [0.5, 0.6) is 0 Å². The summed E-state index contributed by atoms with van der Waals surface area (Å²) in [4.78, 5) is 6.93. The molecule has 2 aromatic rings. The zero-order valence-electron chi connectivity index (χ0n) is 14.2. The third kappa shape index (κ3) is 2.85. The maximum absolute atomic E-state index is 6.41. The number of ether oxygens (including phenoxy) is 1. The van der Waals surface area contributed by atoms with Crippen LogP contribution in [0.4, 0.5) is 0 Å². The molecule has 2 aliphatic rings. The van der Waals surface area contributed by atoms with Crippen LogP contribution in [0.3, 0.4) is 0 Å². The summed E-state index contributed by atoms with van der Waals surface area (Å²) in [6, 6.07) is -0.0607. The molecule has 3 heterocycles. The van der Waals surface area contributed by atoms with Gasteiger partial charge in [-0.3, -0.25) is 9.58 Å². The molecule has 8 heteroatoms. The van der Waals surface area contributed by atoms with Crippen molar-refractivity contribution in [1.29, 1.82) is 0 Å². The fourth-order valence-electron chi connectivity index (χ4n) is 3.35. The van der Waals surface area contributed by atoms with E-state index in [1.54, 1.807) is 4.68 Å². The minimum atomic E-state index is -0.0607. The highest BCUT2D eigenvalue weighted by Gasteiger charge is 2.37. The van der Waals surface area contributed by atoms with Crippen molar-refractivity contribution < 1.29 is 9.26 Å². The molecular weight excluding hydrogens is 330 g/mol. The maximum Gasteiger partial charge on any atom is 0.246 e. The van der Waals surface area contributed by atoms with Gasteiger partial charge in [-0.15, -0.1) is 0 Å². The highest BCUT2D eigenvalue weighted by molar-refractivity contribution is 6.30. The zero-order valence-corrected chi connectivity index (χ0v) is 15.0. The summed E-state index contributed by atoms with van der Waals surface area (Å²) in [6.45, 7) is 6.20. The van der Waals surface area contributed by atoms with Crippen molar-refractivity contribution in [3.8, 4) is 0 Å². The lowest BCUT2D eigenvalue weighted by atomic mass is 10.1. The highest BCUT2D eigenvalue weighted by atomic mass is 35.5. The Kier molecular flexibility index (Phi) is 4.10. The van der Waals surface area contributed by atoms with E-state index in [2.05, 4.69) is 27.1 Å². The van der Waals surface area contributed by atoms with E-state index >= 15 is 0 Å². The fraction of sp³-hybridized carbons (Fsp3) is 0.688. The summed E-state index contributed by atoms with van der Waals surface area (Å²) in [5.41, 5.74) is 1.99. The first kappa shape index (κ1) is 16.1. The summed E-state index contributed by atoms with van der Waals surface area (Å²) in [7, 11) is 1.86. The smallest absolute Gasteiger partial charge is 0.246 e. The van der Waals surface area contributed by atoms with Gasteiger partial charge in [0.15, 0.2) is 5.82 Å². The van der Waals surface area contributed by atoms with Crippen LogP contribution in [0.15, 0.2) is 4.52 Å². The molecule has 130 valence electrons. The summed E-state index contributed by atoms with van der Waals surface area (Å²) in [5.74, 6) is 1.95. The Balaban J connectivity index is 1.61. The van der Waals surface area contributed by atoms with E-state index in [0.717, 1.165) is 36.5 Å². The molecule has 1 saturated heterocycles. The molecule has 2 aromatic heterocycles. The maximum atomic E-state index is 6.41. The van der Waals surface area contributed by atoms with Crippen LogP contribution >= 0.6 is 11.6 Å². The lowest BCUT2D eigenvalue weighted by Crippen LogP contribution is -2.44. The van der Waals surface area contributed by atoms with Gasteiger partial charge in [0, 0.05) is 31.6 Å². The second-order valence-corrected chi connectivity index (χ2v) is 7.09. The van der Waals surface area contributed by atoms with Crippen molar-refractivity contribution in [3.63, 3.8) is 0 Å². The van der Waals surface area contributed by atoms with E-state index in [0.29, 0.717) is 30.1 Å². The van der Waals surface area contributed by atoms with Crippen LogP contribution in [0.25, 0.3) is 0 Å². The molecule has 0 N–H and O–H groups in total. The molecule has 1 saturated carbocycles. The summed E-state index contributed by atoms with van der Waals surface area (Å²) in [6.07, 6.45) is 2.30.